The number of imide groups is 1. The molecule has 1 aliphatic rings. The second kappa shape index (κ2) is 8.94. The van der Waals surface area contributed by atoms with Gasteiger partial charge in [-0.2, -0.15) is 0 Å². The van der Waals surface area contributed by atoms with Crippen molar-refractivity contribution in [2.75, 3.05) is 4.90 Å². The minimum atomic E-state index is -0.345. The topological polar surface area (TPSA) is 50.5 Å². The maximum atomic E-state index is 12.9. The predicted molar refractivity (Wildman–Crippen MR) is 123 cm³/mol. The maximum Gasteiger partial charge on any atom is 0.298 e. The number of anilines is 1. The molecule has 2 heterocycles. The van der Waals surface area contributed by atoms with Gasteiger partial charge in [0.1, 0.15) is 11.5 Å². The third-order valence-electron chi connectivity index (χ3n) is 4.85. The number of rotatable bonds is 6. The molecule has 1 saturated heterocycles. The highest BCUT2D eigenvalue weighted by Gasteiger charge is 2.36. The quantitative estimate of drug-likeness (QED) is 0.383. The van der Waals surface area contributed by atoms with Crippen LogP contribution in [0.25, 0.3) is 17.4 Å². The molecule has 0 atom stereocenters. The van der Waals surface area contributed by atoms with Gasteiger partial charge in [0.2, 0.25) is 0 Å². The monoisotopic (exact) mass is 437 g/mol. The lowest BCUT2D eigenvalue weighted by Crippen LogP contribution is -2.27. The number of amides is 2. The first-order valence-corrected chi connectivity index (χ1v) is 11.0. The number of nitrogens with zero attached hydrogens (tertiary/aromatic N) is 1. The third kappa shape index (κ3) is 4.23. The molecule has 0 aliphatic carbocycles. The lowest BCUT2D eigenvalue weighted by Gasteiger charge is -2.13. The lowest BCUT2D eigenvalue weighted by atomic mass is 10.1. The van der Waals surface area contributed by atoms with Crippen molar-refractivity contribution in [1.82, 2.24) is 0 Å². The van der Waals surface area contributed by atoms with Gasteiger partial charge in [0.05, 0.1) is 15.6 Å². The Kier molecular flexibility index (Phi) is 6.11. The van der Waals surface area contributed by atoms with Crippen molar-refractivity contribution < 1.29 is 14.0 Å². The Bertz CT molecular complexity index is 1120. The molecule has 0 radical (unpaired) electrons. The fraction of sp³-hybridized carbons (Fsp3) is 0.167. The lowest BCUT2D eigenvalue weighted by molar-refractivity contribution is -0.113. The van der Waals surface area contributed by atoms with E-state index in [9.17, 15) is 9.59 Å². The molecule has 1 fully saturated rings. The molecule has 1 aromatic heterocycles. The Morgan fingerprint density at radius 3 is 2.53 bits per heavy atom. The average molecular weight is 438 g/mol. The van der Waals surface area contributed by atoms with E-state index in [-0.39, 0.29) is 11.1 Å². The molecule has 152 valence electrons. The SMILES string of the molecule is CCCCc1ccc(N2C(=O)S/C(=C/c3ccc(-c4ccccc4Cl)o3)C2=O)cc1. The number of thioether (sulfide) groups is 1. The molecule has 0 spiro atoms. The Hall–Kier alpha value is -2.76. The van der Waals surface area contributed by atoms with E-state index in [2.05, 4.69) is 6.92 Å². The second-order valence-corrected chi connectivity index (χ2v) is 8.37. The van der Waals surface area contributed by atoms with Crippen molar-refractivity contribution >= 4 is 46.3 Å². The fourth-order valence-electron chi connectivity index (χ4n) is 3.25. The number of halogens is 1. The summed E-state index contributed by atoms with van der Waals surface area (Å²) >= 11 is 7.13. The van der Waals surface area contributed by atoms with Crippen LogP contribution in [0.5, 0.6) is 0 Å². The molecule has 3 aromatic rings. The van der Waals surface area contributed by atoms with Crippen molar-refractivity contribution in [2.24, 2.45) is 0 Å². The summed E-state index contributed by atoms with van der Waals surface area (Å²) in [4.78, 5) is 26.9. The van der Waals surface area contributed by atoms with E-state index in [0.717, 1.165) is 36.6 Å². The Morgan fingerprint density at radius 2 is 1.80 bits per heavy atom. The van der Waals surface area contributed by atoms with Crippen LogP contribution in [0.4, 0.5) is 10.5 Å². The number of benzene rings is 2. The number of carbonyl (C=O) groups is 2. The molecule has 30 heavy (non-hydrogen) atoms. The summed E-state index contributed by atoms with van der Waals surface area (Å²) in [7, 11) is 0. The highest BCUT2D eigenvalue weighted by atomic mass is 35.5. The highest BCUT2D eigenvalue weighted by Crippen LogP contribution is 2.37. The normalized spacial score (nSPS) is 15.4. The maximum absolute atomic E-state index is 12.9. The molecule has 0 N–H and O–H groups in total. The molecule has 0 unspecified atom stereocenters. The molecule has 0 bridgehead atoms. The Labute approximate surface area is 184 Å². The molecule has 0 saturated carbocycles. The summed E-state index contributed by atoms with van der Waals surface area (Å²) in [5.41, 5.74) is 2.55. The van der Waals surface area contributed by atoms with Gasteiger partial charge in [-0.3, -0.25) is 9.59 Å². The van der Waals surface area contributed by atoms with E-state index in [1.165, 1.54) is 10.5 Å². The zero-order valence-electron chi connectivity index (χ0n) is 16.4. The predicted octanol–water partition coefficient (Wildman–Crippen LogP) is 7.18. The van der Waals surface area contributed by atoms with E-state index in [0.29, 0.717) is 27.1 Å². The summed E-state index contributed by atoms with van der Waals surface area (Å²) in [5, 5.41) is 0.270. The first kappa shape index (κ1) is 20.5. The first-order chi connectivity index (χ1) is 14.6. The number of carbonyl (C=O) groups excluding carboxylic acids is 2. The zero-order valence-corrected chi connectivity index (χ0v) is 18.0. The van der Waals surface area contributed by atoms with E-state index in [4.69, 9.17) is 16.0 Å². The van der Waals surface area contributed by atoms with Gasteiger partial charge in [0.25, 0.3) is 11.1 Å². The summed E-state index contributed by atoms with van der Waals surface area (Å²) in [6.07, 6.45) is 4.83. The van der Waals surface area contributed by atoms with E-state index in [1.807, 2.05) is 42.5 Å². The molecule has 2 amide bonds. The van der Waals surface area contributed by atoms with Crippen LogP contribution in [-0.4, -0.2) is 11.1 Å². The molecular weight excluding hydrogens is 418 g/mol. The Balaban J connectivity index is 1.54. The smallest absolute Gasteiger partial charge is 0.298 e. The van der Waals surface area contributed by atoms with Gasteiger partial charge in [-0.25, -0.2) is 4.90 Å². The molecule has 2 aromatic carbocycles. The summed E-state index contributed by atoms with van der Waals surface area (Å²) in [6.45, 7) is 2.15. The van der Waals surface area contributed by atoms with E-state index < -0.39 is 0 Å². The Morgan fingerprint density at radius 1 is 1.03 bits per heavy atom. The third-order valence-corrected chi connectivity index (χ3v) is 6.05. The highest BCUT2D eigenvalue weighted by molar-refractivity contribution is 8.19. The molecule has 6 heteroatoms. The van der Waals surface area contributed by atoms with Gasteiger partial charge in [-0.05, 0) is 66.6 Å². The molecule has 1 aliphatic heterocycles. The van der Waals surface area contributed by atoms with Crippen molar-refractivity contribution in [3.05, 3.63) is 81.9 Å². The number of unbranched alkanes of at least 4 members (excludes halogenated alkanes) is 1. The van der Waals surface area contributed by atoms with Crippen LogP contribution in [0.3, 0.4) is 0 Å². The van der Waals surface area contributed by atoms with E-state index >= 15 is 0 Å². The van der Waals surface area contributed by atoms with Gasteiger partial charge in [-0.1, -0.05) is 49.2 Å². The second-order valence-electron chi connectivity index (χ2n) is 6.97. The van der Waals surface area contributed by atoms with E-state index in [1.54, 1.807) is 24.3 Å². The minimum Gasteiger partial charge on any atom is -0.457 e. The summed E-state index contributed by atoms with van der Waals surface area (Å²) in [5.74, 6) is 0.751. The van der Waals surface area contributed by atoms with Crippen LogP contribution in [-0.2, 0) is 11.2 Å². The zero-order chi connectivity index (χ0) is 21.1. The van der Waals surface area contributed by atoms with Crippen molar-refractivity contribution in [3.8, 4) is 11.3 Å². The van der Waals surface area contributed by atoms with Crippen molar-refractivity contribution in [1.29, 1.82) is 0 Å². The van der Waals surface area contributed by atoms with Crippen molar-refractivity contribution in [3.63, 3.8) is 0 Å². The number of aryl methyl sites for hydroxylation is 1. The minimum absolute atomic E-state index is 0.314. The van der Waals surface area contributed by atoms with Crippen LogP contribution >= 0.6 is 23.4 Å². The molecule has 4 nitrogen and oxygen atoms in total. The summed E-state index contributed by atoms with van der Waals surface area (Å²) in [6, 6.07) is 18.5. The number of hydrogen-bond acceptors (Lipinski definition) is 4. The van der Waals surface area contributed by atoms with Gasteiger partial charge in [-0.15, -0.1) is 0 Å². The first-order valence-electron chi connectivity index (χ1n) is 9.78. The van der Waals surface area contributed by atoms with Gasteiger partial charge in [0, 0.05) is 11.6 Å². The van der Waals surface area contributed by atoms with Crippen molar-refractivity contribution in [2.45, 2.75) is 26.2 Å². The average Bonchev–Trinajstić information content (AvgIpc) is 3.32. The van der Waals surface area contributed by atoms with Crippen LogP contribution in [0.15, 0.2) is 70.0 Å². The van der Waals surface area contributed by atoms with Crippen LogP contribution in [0, 0.1) is 0 Å². The number of hydrogen-bond donors (Lipinski definition) is 0. The molecule has 4 rings (SSSR count). The number of furan rings is 1. The summed E-state index contributed by atoms with van der Waals surface area (Å²) < 4.78 is 5.83. The molecular formula is C24H20ClNO3S. The largest absolute Gasteiger partial charge is 0.457 e. The fourth-order valence-corrected chi connectivity index (χ4v) is 4.30. The van der Waals surface area contributed by atoms with Crippen LogP contribution in [0.2, 0.25) is 5.02 Å². The van der Waals surface area contributed by atoms with Gasteiger partial charge in [0.15, 0.2) is 0 Å². The van der Waals surface area contributed by atoms with Crippen LogP contribution in [0.1, 0.15) is 31.1 Å². The van der Waals surface area contributed by atoms with Crippen LogP contribution < -0.4 is 4.90 Å². The standard InChI is InChI=1S/C24H20ClNO3S/c1-2-3-6-16-9-11-17(12-10-16)26-23(27)22(30-24(26)28)15-18-13-14-21(29-18)19-7-4-5-8-20(19)25/h4-5,7-15H,2-3,6H2,1H3/b22-15+. The van der Waals surface area contributed by atoms with Gasteiger partial charge < -0.3 is 4.42 Å². The van der Waals surface area contributed by atoms with Gasteiger partial charge >= 0.3 is 0 Å².